The zero-order valence-electron chi connectivity index (χ0n) is 16.4. The lowest BCUT2D eigenvalue weighted by atomic mass is 9.76. The molecule has 8 heteroatoms. The first-order valence-electron chi connectivity index (χ1n) is 9.05. The van der Waals surface area contributed by atoms with Crippen LogP contribution >= 0.6 is 0 Å². The predicted octanol–water partition coefficient (Wildman–Crippen LogP) is 2.28. The number of carbonyl (C=O) groups is 3. The second-order valence-corrected chi connectivity index (χ2v) is 7.86. The number of rotatable bonds is 7. The lowest BCUT2D eigenvalue weighted by Gasteiger charge is -2.33. The Balaban J connectivity index is 2.09. The maximum Gasteiger partial charge on any atom is 0.413 e. The van der Waals surface area contributed by atoms with E-state index in [-0.39, 0.29) is 29.5 Å². The van der Waals surface area contributed by atoms with Crippen LogP contribution in [0.4, 0.5) is 4.79 Å². The van der Waals surface area contributed by atoms with Crippen molar-refractivity contribution < 1.29 is 28.3 Å². The van der Waals surface area contributed by atoms with Crippen molar-refractivity contribution in [2.75, 3.05) is 6.61 Å². The molecule has 2 amide bonds. The fraction of sp³-hybridized carbons (Fsp3) is 0.632. The van der Waals surface area contributed by atoms with Crippen molar-refractivity contribution >= 4 is 17.8 Å². The fourth-order valence-corrected chi connectivity index (χ4v) is 2.67. The molecule has 150 valence electrons. The molecule has 0 saturated carbocycles. The first kappa shape index (κ1) is 21.0. The minimum absolute atomic E-state index is 0.0236. The van der Waals surface area contributed by atoms with Crippen molar-refractivity contribution in [1.29, 1.82) is 0 Å². The first-order chi connectivity index (χ1) is 12.6. The highest BCUT2D eigenvalue weighted by atomic mass is 16.6. The van der Waals surface area contributed by atoms with Crippen molar-refractivity contribution in [3.63, 3.8) is 0 Å². The maximum absolute atomic E-state index is 12.8. The Bertz CT molecular complexity index is 668. The van der Waals surface area contributed by atoms with E-state index < -0.39 is 30.2 Å². The molecule has 0 spiro atoms. The van der Waals surface area contributed by atoms with Gasteiger partial charge in [0.15, 0.2) is 11.5 Å². The summed E-state index contributed by atoms with van der Waals surface area (Å²) in [7, 11) is 0. The van der Waals surface area contributed by atoms with Gasteiger partial charge in [-0.3, -0.25) is 9.59 Å². The Kier molecular flexibility index (Phi) is 6.64. The van der Waals surface area contributed by atoms with Crippen LogP contribution in [-0.4, -0.2) is 42.6 Å². The van der Waals surface area contributed by atoms with Gasteiger partial charge in [0.05, 0.1) is 12.4 Å². The minimum Gasteiger partial charge on any atom is -0.469 e. The smallest absolute Gasteiger partial charge is 0.413 e. The van der Waals surface area contributed by atoms with Crippen LogP contribution in [0, 0.1) is 11.3 Å². The molecule has 1 aliphatic rings. The van der Waals surface area contributed by atoms with Crippen LogP contribution in [0.5, 0.6) is 5.75 Å². The molecule has 2 rings (SSSR count). The monoisotopic (exact) mass is 380 g/mol. The molecule has 3 atom stereocenters. The molecule has 1 aromatic heterocycles. The minimum atomic E-state index is -0.859. The quantitative estimate of drug-likeness (QED) is 0.752. The van der Waals surface area contributed by atoms with E-state index in [4.69, 9.17) is 13.9 Å². The van der Waals surface area contributed by atoms with E-state index >= 15 is 0 Å². The number of amides is 2. The van der Waals surface area contributed by atoms with Gasteiger partial charge in [-0.05, 0) is 24.7 Å². The molecule has 2 heterocycles. The number of carbonyl (C=O) groups excluding carboxylic acids is 3. The van der Waals surface area contributed by atoms with Gasteiger partial charge in [0.1, 0.15) is 25.0 Å². The fourth-order valence-electron chi connectivity index (χ4n) is 2.67. The van der Waals surface area contributed by atoms with Crippen LogP contribution in [0.15, 0.2) is 23.0 Å². The number of hydrogen-bond donors (Lipinski definition) is 2. The Morgan fingerprint density at radius 2 is 2.07 bits per heavy atom. The molecule has 1 saturated heterocycles. The zero-order valence-corrected chi connectivity index (χ0v) is 16.4. The molecule has 0 aromatic carbocycles. The van der Waals surface area contributed by atoms with Crippen molar-refractivity contribution in [2.24, 2.45) is 11.3 Å². The third-order valence-corrected chi connectivity index (χ3v) is 5.21. The summed E-state index contributed by atoms with van der Waals surface area (Å²) >= 11 is 0. The topological polar surface area (TPSA) is 107 Å². The molecule has 0 aliphatic carbocycles. The van der Waals surface area contributed by atoms with Crippen molar-refractivity contribution in [3.8, 4) is 5.75 Å². The Labute approximate surface area is 159 Å². The van der Waals surface area contributed by atoms with Crippen molar-refractivity contribution in [2.45, 2.75) is 59.2 Å². The van der Waals surface area contributed by atoms with Crippen LogP contribution in [0.3, 0.4) is 0 Å². The molecule has 0 unspecified atom stereocenters. The summed E-state index contributed by atoms with van der Waals surface area (Å²) in [5.41, 5.74) is -0.229. The number of hydrogen-bond acceptors (Lipinski definition) is 6. The van der Waals surface area contributed by atoms with Crippen LogP contribution in [0.1, 0.15) is 41.0 Å². The van der Waals surface area contributed by atoms with E-state index in [0.29, 0.717) is 6.42 Å². The van der Waals surface area contributed by atoms with Gasteiger partial charge in [0.2, 0.25) is 5.91 Å². The molecule has 8 nitrogen and oxygen atoms in total. The van der Waals surface area contributed by atoms with Gasteiger partial charge in [-0.25, -0.2) is 4.79 Å². The zero-order chi connectivity index (χ0) is 20.2. The molecule has 1 fully saturated rings. The van der Waals surface area contributed by atoms with Crippen LogP contribution in [-0.2, 0) is 14.3 Å². The maximum atomic E-state index is 12.8. The largest absolute Gasteiger partial charge is 0.469 e. The molecular formula is C19H28N2O6. The van der Waals surface area contributed by atoms with Gasteiger partial charge >= 0.3 is 6.09 Å². The average molecular weight is 380 g/mol. The van der Waals surface area contributed by atoms with Gasteiger partial charge < -0.3 is 24.5 Å². The molecule has 0 bridgehead atoms. The van der Waals surface area contributed by atoms with Crippen LogP contribution in [0.25, 0.3) is 0 Å². The van der Waals surface area contributed by atoms with E-state index in [1.54, 1.807) is 6.92 Å². The Hall–Kier alpha value is -2.35. The summed E-state index contributed by atoms with van der Waals surface area (Å²) in [6.45, 7) is 9.85. The normalized spacial score (nSPS) is 21.2. The highest BCUT2D eigenvalue weighted by molar-refractivity contribution is 5.94. The van der Waals surface area contributed by atoms with E-state index in [0.717, 1.165) is 0 Å². The van der Waals surface area contributed by atoms with Crippen LogP contribution in [0.2, 0.25) is 0 Å². The second kappa shape index (κ2) is 8.56. The van der Waals surface area contributed by atoms with Gasteiger partial charge in [0, 0.05) is 6.07 Å². The summed E-state index contributed by atoms with van der Waals surface area (Å²) in [4.78, 5) is 36.9. The number of ether oxygens (including phenoxy) is 2. The highest BCUT2D eigenvalue weighted by Gasteiger charge is 2.37. The van der Waals surface area contributed by atoms with Gasteiger partial charge in [0.25, 0.3) is 0 Å². The molecule has 1 aromatic rings. The lowest BCUT2D eigenvalue weighted by Crippen LogP contribution is -2.54. The third kappa shape index (κ3) is 5.56. The summed E-state index contributed by atoms with van der Waals surface area (Å²) in [6.07, 6.45) is 1.87. The number of Topliss-reactive ketones (excluding diaryl/α,β-unsaturated/α-hetero) is 1. The average Bonchev–Trinajstić information content (AvgIpc) is 3.18. The lowest BCUT2D eigenvalue weighted by molar-refractivity contribution is -0.128. The molecule has 27 heavy (non-hydrogen) atoms. The van der Waals surface area contributed by atoms with Gasteiger partial charge in [-0.15, -0.1) is 0 Å². The summed E-state index contributed by atoms with van der Waals surface area (Å²) in [5, 5.41) is 5.30. The molecular weight excluding hydrogens is 352 g/mol. The number of ketones is 1. The van der Waals surface area contributed by atoms with Crippen molar-refractivity contribution in [3.05, 3.63) is 18.6 Å². The van der Waals surface area contributed by atoms with Gasteiger partial charge in [-0.2, -0.15) is 0 Å². The van der Waals surface area contributed by atoms with E-state index in [1.807, 2.05) is 13.8 Å². The highest BCUT2D eigenvalue weighted by Crippen LogP contribution is 2.31. The second-order valence-electron chi connectivity index (χ2n) is 7.86. The van der Waals surface area contributed by atoms with E-state index in [2.05, 4.69) is 24.5 Å². The van der Waals surface area contributed by atoms with Crippen molar-refractivity contribution in [1.82, 2.24) is 10.6 Å². The molecule has 2 N–H and O–H groups in total. The summed E-state index contributed by atoms with van der Waals surface area (Å²) in [5.74, 6) is -0.111. The summed E-state index contributed by atoms with van der Waals surface area (Å²) < 4.78 is 15.2. The summed E-state index contributed by atoms with van der Waals surface area (Å²) in [6, 6.07) is -0.0839. The Morgan fingerprint density at radius 3 is 2.59 bits per heavy atom. The molecule has 1 aliphatic heterocycles. The van der Waals surface area contributed by atoms with Crippen LogP contribution < -0.4 is 15.4 Å². The van der Waals surface area contributed by atoms with Gasteiger partial charge in [-0.1, -0.05) is 27.7 Å². The first-order valence-corrected chi connectivity index (χ1v) is 9.05. The Morgan fingerprint density at radius 1 is 1.37 bits per heavy atom. The molecule has 0 radical (unpaired) electrons. The third-order valence-electron chi connectivity index (χ3n) is 5.21. The van der Waals surface area contributed by atoms with E-state index in [9.17, 15) is 14.4 Å². The SMILES string of the molecule is CC(C)C(C)(C)C[C@H](NC(=O)Oc1ccoc1)C(=O)N[C@@H]1C(=O)CO[C@H]1C. The van der Waals surface area contributed by atoms with E-state index in [1.165, 1.54) is 18.6 Å². The number of furan rings is 1. The standard InChI is InChI=1S/C19H28N2O6/c1-11(2)19(4,5)8-14(20-18(24)27-13-6-7-25-9-13)17(23)21-16-12(3)26-10-15(16)22/h6-7,9,11-12,14,16H,8,10H2,1-5H3,(H,20,24)(H,21,23)/t12-,14-,16-/m0/s1. The number of nitrogens with one attached hydrogen (secondary N) is 2. The predicted molar refractivity (Wildman–Crippen MR) is 97.2 cm³/mol.